The van der Waals surface area contributed by atoms with E-state index in [0.29, 0.717) is 6.42 Å². The van der Waals surface area contributed by atoms with Gasteiger partial charge in [0.25, 0.3) is 0 Å². The van der Waals surface area contributed by atoms with E-state index < -0.39 is 0 Å². The maximum absolute atomic E-state index is 12.4. The second kappa shape index (κ2) is 5.94. The van der Waals surface area contributed by atoms with Crippen LogP contribution in [0.4, 0.5) is 5.69 Å². The molecule has 1 fully saturated rings. The molecule has 0 spiro atoms. The van der Waals surface area contributed by atoms with Crippen molar-refractivity contribution in [1.82, 2.24) is 4.90 Å². The van der Waals surface area contributed by atoms with Gasteiger partial charge in [0.2, 0.25) is 5.91 Å². The van der Waals surface area contributed by atoms with E-state index >= 15 is 0 Å². The van der Waals surface area contributed by atoms with Gasteiger partial charge in [-0.1, -0.05) is 17.7 Å². The number of aryl methyl sites for hydroxylation is 1. The Hall–Kier alpha value is -1.39. The first kappa shape index (κ1) is 13.6. The van der Waals surface area contributed by atoms with Gasteiger partial charge in [0.05, 0.1) is 13.2 Å². The van der Waals surface area contributed by atoms with Crippen LogP contribution in [0.1, 0.15) is 17.5 Å². The number of morpholine rings is 1. The summed E-state index contributed by atoms with van der Waals surface area (Å²) in [7, 11) is 0. The molecule has 2 heterocycles. The van der Waals surface area contributed by atoms with Gasteiger partial charge in [0.1, 0.15) is 0 Å². The molecule has 0 atom stereocenters. The van der Waals surface area contributed by atoms with Gasteiger partial charge in [0.15, 0.2) is 0 Å². The van der Waals surface area contributed by atoms with Crippen LogP contribution in [0.15, 0.2) is 18.2 Å². The largest absolute Gasteiger partial charge is 0.379 e. The highest BCUT2D eigenvalue weighted by Gasteiger charge is 2.24. The van der Waals surface area contributed by atoms with Crippen molar-refractivity contribution in [3.63, 3.8) is 0 Å². The summed E-state index contributed by atoms with van der Waals surface area (Å²) in [4.78, 5) is 16.7. The number of carbonyl (C=O) groups excluding carboxylic acids is 1. The molecule has 0 N–H and O–H groups in total. The number of rotatable bonds is 3. The third-order valence-corrected chi connectivity index (χ3v) is 4.18. The zero-order valence-corrected chi connectivity index (χ0v) is 12.1. The van der Waals surface area contributed by atoms with Crippen LogP contribution in [0.3, 0.4) is 0 Å². The maximum atomic E-state index is 12.4. The van der Waals surface area contributed by atoms with Gasteiger partial charge >= 0.3 is 0 Å². The predicted molar refractivity (Wildman–Crippen MR) is 79.1 cm³/mol. The molecule has 0 aromatic heterocycles. The molecule has 4 nitrogen and oxygen atoms in total. The van der Waals surface area contributed by atoms with Crippen LogP contribution in [0.2, 0.25) is 0 Å². The number of anilines is 1. The fraction of sp³-hybridized carbons (Fsp3) is 0.562. The lowest BCUT2D eigenvalue weighted by Gasteiger charge is -2.27. The van der Waals surface area contributed by atoms with Crippen molar-refractivity contribution in [3.8, 4) is 0 Å². The van der Waals surface area contributed by atoms with Crippen LogP contribution in [0.5, 0.6) is 0 Å². The van der Waals surface area contributed by atoms with Crippen molar-refractivity contribution in [2.75, 3.05) is 44.3 Å². The molecule has 20 heavy (non-hydrogen) atoms. The molecule has 1 aromatic carbocycles. The summed E-state index contributed by atoms with van der Waals surface area (Å²) < 4.78 is 5.33. The molecule has 1 saturated heterocycles. The number of fused-ring (bicyclic) bond motifs is 1. The van der Waals surface area contributed by atoms with Crippen LogP contribution >= 0.6 is 0 Å². The summed E-state index contributed by atoms with van der Waals surface area (Å²) in [5.74, 6) is 0.249. The summed E-state index contributed by atoms with van der Waals surface area (Å²) in [6.07, 6.45) is 1.59. The molecule has 108 valence electrons. The zero-order valence-electron chi connectivity index (χ0n) is 12.1. The minimum Gasteiger partial charge on any atom is -0.379 e. The summed E-state index contributed by atoms with van der Waals surface area (Å²) in [6.45, 7) is 7.26. The first-order valence-electron chi connectivity index (χ1n) is 7.44. The van der Waals surface area contributed by atoms with Gasteiger partial charge in [0, 0.05) is 38.3 Å². The van der Waals surface area contributed by atoms with Gasteiger partial charge < -0.3 is 9.64 Å². The number of hydrogen-bond donors (Lipinski definition) is 0. The fourth-order valence-corrected chi connectivity index (χ4v) is 3.00. The monoisotopic (exact) mass is 274 g/mol. The van der Waals surface area contributed by atoms with Crippen molar-refractivity contribution in [2.45, 2.75) is 19.8 Å². The number of nitrogens with zero attached hydrogens (tertiary/aromatic N) is 2. The summed E-state index contributed by atoms with van der Waals surface area (Å²) in [5.41, 5.74) is 3.69. The van der Waals surface area contributed by atoms with Crippen molar-refractivity contribution < 1.29 is 9.53 Å². The standard InChI is InChI=1S/C16H22N2O2/c1-13-2-3-15-14(12-13)4-7-18(15)16(19)5-6-17-8-10-20-11-9-17/h2-3,12H,4-11H2,1H3. The molecular formula is C16H22N2O2. The van der Waals surface area contributed by atoms with E-state index in [4.69, 9.17) is 4.74 Å². The molecule has 0 bridgehead atoms. The van der Waals surface area contributed by atoms with Crippen LogP contribution in [0.25, 0.3) is 0 Å². The van der Waals surface area contributed by atoms with Gasteiger partial charge in [-0.2, -0.15) is 0 Å². The number of carbonyl (C=O) groups is 1. The number of amides is 1. The normalized spacial score (nSPS) is 19.1. The van der Waals surface area contributed by atoms with Crippen molar-refractivity contribution in [1.29, 1.82) is 0 Å². The lowest BCUT2D eigenvalue weighted by Crippen LogP contribution is -2.39. The third-order valence-electron chi connectivity index (χ3n) is 4.18. The number of hydrogen-bond acceptors (Lipinski definition) is 3. The molecule has 2 aliphatic rings. The lowest BCUT2D eigenvalue weighted by molar-refractivity contribution is -0.119. The van der Waals surface area contributed by atoms with Crippen LogP contribution in [-0.4, -0.2) is 50.2 Å². The van der Waals surface area contributed by atoms with Gasteiger partial charge in [-0.15, -0.1) is 0 Å². The minimum atomic E-state index is 0.249. The number of ether oxygens (including phenoxy) is 1. The van der Waals surface area contributed by atoms with Crippen LogP contribution in [0, 0.1) is 6.92 Å². The van der Waals surface area contributed by atoms with Crippen LogP contribution in [-0.2, 0) is 16.0 Å². The Bertz CT molecular complexity index is 495. The van der Waals surface area contributed by atoms with Crippen molar-refractivity contribution >= 4 is 11.6 Å². The molecule has 4 heteroatoms. The number of benzene rings is 1. The molecule has 1 aromatic rings. The van der Waals surface area contributed by atoms with Gasteiger partial charge in [-0.25, -0.2) is 0 Å². The summed E-state index contributed by atoms with van der Waals surface area (Å²) in [5, 5.41) is 0. The predicted octanol–water partition coefficient (Wildman–Crippen LogP) is 1.61. The lowest BCUT2D eigenvalue weighted by atomic mass is 10.1. The highest BCUT2D eigenvalue weighted by atomic mass is 16.5. The summed E-state index contributed by atoms with van der Waals surface area (Å²) in [6, 6.07) is 6.38. The van der Waals surface area contributed by atoms with E-state index in [-0.39, 0.29) is 5.91 Å². The topological polar surface area (TPSA) is 32.8 Å². The molecule has 3 rings (SSSR count). The van der Waals surface area contributed by atoms with Crippen LogP contribution < -0.4 is 4.90 Å². The molecule has 1 amide bonds. The van der Waals surface area contributed by atoms with Gasteiger partial charge in [-0.05, 0) is 25.0 Å². The third kappa shape index (κ3) is 2.86. The molecule has 0 unspecified atom stereocenters. The maximum Gasteiger partial charge on any atom is 0.228 e. The Morgan fingerprint density at radius 1 is 1.25 bits per heavy atom. The van der Waals surface area contributed by atoms with E-state index in [9.17, 15) is 4.79 Å². The quantitative estimate of drug-likeness (QED) is 0.839. The zero-order chi connectivity index (χ0) is 13.9. The smallest absolute Gasteiger partial charge is 0.228 e. The second-order valence-corrected chi connectivity index (χ2v) is 5.63. The average molecular weight is 274 g/mol. The molecule has 0 saturated carbocycles. The Kier molecular flexibility index (Phi) is 4.03. The fourth-order valence-electron chi connectivity index (χ4n) is 3.00. The van der Waals surface area contributed by atoms with E-state index in [1.54, 1.807) is 0 Å². The molecule has 2 aliphatic heterocycles. The molecular weight excluding hydrogens is 252 g/mol. The summed E-state index contributed by atoms with van der Waals surface area (Å²) >= 11 is 0. The molecule has 0 aliphatic carbocycles. The first-order valence-corrected chi connectivity index (χ1v) is 7.44. The minimum absolute atomic E-state index is 0.249. The Morgan fingerprint density at radius 3 is 2.85 bits per heavy atom. The SMILES string of the molecule is Cc1ccc2c(c1)CCN2C(=O)CCN1CCOCC1. The van der Waals surface area contributed by atoms with E-state index in [1.165, 1.54) is 11.1 Å². The first-order chi connectivity index (χ1) is 9.74. The Balaban J connectivity index is 1.59. The highest BCUT2D eigenvalue weighted by Crippen LogP contribution is 2.29. The van der Waals surface area contributed by atoms with Gasteiger partial charge in [-0.3, -0.25) is 9.69 Å². The Morgan fingerprint density at radius 2 is 2.05 bits per heavy atom. The van der Waals surface area contributed by atoms with Crippen molar-refractivity contribution in [3.05, 3.63) is 29.3 Å². The average Bonchev–Trinajstić information content (AvgIpc) is 2.89. The van der Waals surface area contributed by atoms with Crippen molar-refractivity contribution in [2.24, 2.45) is 0 Å². The van der Waals surface area contributed by atoms with E-state index in [2.05, 4.69) is 30.0 Å². The highest BCUT2D eigenvalue weighted by molar-refractivity contribution is 5.95. The Labute approximate surface area is 120 Å². The second-order valence-electron chi connectivity index (χ2n) is 5.63. The molecule has 0 radical (unpaired) electrons. The van der Waals surface area contributed by atoms with E-state index in [0.717, 1.165) is 51.5 Å². The van der Waals surface area contributed by atoms with E-state index in [1.807, 2.05) is 4.90 Å².